The standard InChI is InChI=1S/C13H24N2O3/c1-3-11(12(16)17)15-13(18)14-9(2)10-7-5-4-6-8-10/h9-11H,3-8H2,1-2H3,(H,16,17)(H2,14,15,18)/t9?,11-/m1/s1. The third-order valence-electron chi connectivity index (χ3n) is 3.73. The molecule has 104 valence electrons. The Morgan fingerprint density at radius 3 is 2.33 bits per heavy atom. The zero-order valence-corrected chi connectivity index (χ0v) is 11.2. The summed E-state index contributed by atoms with van der Waals surface area (Å²) in [5, 5.41) is 14.2. The van der Waals surface area contributed by atoms with Gasteiger partial charge in [-0.05, 0) is 32.1 Å². The van der Waals surface area contributed by atoms with Crippen molar-refractivity contribution in [2.24, 2.45) is 5.92 Å². The molecule has 1 aliphatic rings. The summed E-state index contributed by atoms with van der Waals surface area (Å²) in [5.74, 6) is -0.465. The summed E-state index contributed by atoms with van der Waals surface area (Å²) in [6.45, 7) is 3.74. The molecule has 0 aromatic carbocycles. The van der Waals surface area contributed by atoms with Crippen LogP contribution in [-0.4, -0.2) is 29.2 Å². The number of carbonyl (C=O) groups is 2. The molecule has 5 nitrogen and oxygen atoms in total. The number of amides is 2. The van der Waals surface area contributed by atoms with Gasteiger partial charge in [-0.3, -0.25) is 0 Å². The van der Waals surface area contributed by atoms with Crippen LogP contribution >= 0.6 is 0 Å². The first-order valence-corrected chi connectivity index (χ1v) is 6.84. The van der Waals surface area contributed by atoms with Crippen LogP contribution in [0.1, 0.15) is 52.4 Å². The van der Waals surface area contributed by atoms with E-state index in [2.05, 4.69) is 10.6 Å². The zero-order valence-electron chi connectivity index (χ0n) is 11.2. The molecular formula is C13H24N2O3. The van der Waals surface area contributed by atoms with Gasteiger partial charge in [0, 0.05) is 6.04 Å². The van der Waals surface area contributed by atoms with Crippen LogP contribution in [0.3, 0.4) is 0 Å². The van der Waals surface area contributed by atoms with E-state index < -0.39 is 12.0 Å². The normalized spacial score (nSPS) is 19.9. The van der Waals surface area contributed by atoms with E-state index in [1.807, 2.05) is 6.92 Å². The third kappa shape index (κ3) is 4.55. The number of rotatable bonds is 5. The molecule has 0 saturated heterocycles. The van der Waals surface area contributed by atoms with Crippen molar-refractivity contribution in [2.75, 3.05) is 0 Å². The molecule has 18 heavy (non-hydrogen) atoms. The SMILES string of the molecule is CC[C@@H](NC(=O)NC(C)C1CCCCC1)C(=O)O. The van der Waals surface area contributed by atoms with E-state index in [4.69, 9.17) is 5.11 Å². The molecule has 0 radical (unpaired) electrons. The van der Waals surface area contributed by atoms with Crippen LogP contribution in [0.25, 0.3) is 0 Å². The molecule has 0 heterocycles. The Balaban J connectivity index is 2.36. The number of urea groups is 1. The lowest BCUT2D eigenvalue weighted by molar-refractivity contribution is -0.139. The second kappa shape index (κ2) is 7.24. The van der Waals surface area contributed by atoms with Crippen LogP contribution in [0.15, 0.2) is 0 Å². The van der Waals surface area contributed by atoms with Crippen LogP contribution in [0.2, 0.25) is 0 Å². The number of aliphatic carboxylic acids is 1. The van der Waals surface area contributed by atoms with E-state index in [-0.39, 0.29) is 12.1 Å². The summed E-state index contributed by atoms with van der Waals surface area (Å²) in [4.78, 5) is 22.5. The molecular weight excluding hydrogens is 232 g/mol. The van der Waals surface area contributed by atoms with E-state index >= 15 is 0 Å². The molecule has 2 amide bonds. The van der Waals surface area contributed by atoms with Crippen LogP contribution < -0.4 is 10.6 Å². The fraction of sp³-hybridized carbons (Fsp3) is 0.846. The Bertz CT molecular complexity index is 288. The van der Waals surface area contributed by atoms with E-state index in [9.17, 15) is 9.59 Å². The number of hydrogen-bond acceptors (Lipinski definition) is 2. The molecule has 3 N–H and O–H groups in total. The molecule has 1 aliphatic carbocycles. The van der Waals surface area contributed by atoms with Crippen LogP contribution in [0, 0.1) is 5.92 Å². The first-order chi connectivity index (χ1) is 8.54. The largest absolute Gasteiger partial charge is 0.480 e. The monoisotopic (exact) mass is 256 g/mol. The lowest BCUT2D eigenvalue weighted by Gasteiger charge is -2.28. The lowest BCUT2D eigenvalue weighted by Crippen LogP contribution is -2.49. The summed E-state index contributed by atoms with van der Waals surface area (Å²) >= 11 is 0. The molecule has 0 bridgehead atoms. The Hall–Kier alpha value is -1.26. The summed E-state index contributed by atoms with van der Waals surface area (Å²) in [7, 11) is 0. The third-order valence-corrected chi connectivity index (χ3v) is 3.73. The molecule has 0 aromatic rings. The molecule has 1 rings (SSSR count). The van der Waals surface area contributed by atoms with Crippen LogP contribution in [-0.2, 0) is 4.79 Å². The van der Waals surface area contributed by atoms with Gasteiger partial charge >= 0.3 is 12.0 Å². The second-order valence-corrected chi connectivity index (χ2v) is 5.10. The molecule has 0 spiro atoms. The van der Waals surface area contributed by atoms with Gasteiger partial charge in [-0.1, -0.05) is 26.2 Å². The highest BCUT2D eigenvalue weighted by atomic mass is 16.4. The fourth-order valence-corrected chi connectivity index (χ4v) is 2.50. The van der Waals surface area contributed by atoms with Crippen molar-refractivity contribution in [3.05, 3.63) is 0 Å². The maximum Gasteiger partial charge on any atom is 0.326 e. The number of nitrogens with one attached hydrogen (secondary N) is 2. The van der Waals surface area contributed by atoms with Gasteiger partial charge in [0.25, 0.3) is 0 Å². The maximum absolute atomic E-state index is 11.7. The Kier molecular flexibility index (Phi) is 5.95. The maximum atomic E-state index is 11.7. The van der Waals surface area contributed by atoms with Gasteiger partial charge in [0.2, 0.25) is 0 Å². The van der Waals surface area contributed by atoms with E-state index in [0.717, 1.165) is 12.8 Å². The minimum Gasteiger partial charge on any atom is -0.480 e. The molecule has 2 atom stereocenters. The minimum atomic E-state index is -0.988. The summed E-state index contributed by atoms with van der Waals surface area (Å²) in [6.07, 6.45) is 6.43. The van der Waals surface area contributed by atoms with Gasteiger partial charge in [-0.25, -0.2) is 9.59 Å². The molecule has 1 unspecified atom stereocenters. The Morgan fingerprint density at radius 1 is 1.22 bits per heavy atom. The predicted octanol–water partition coefficient (Wildman–Crippen LogP) is 2.12. The number of carbonyl (C=O) groups excluding carboxylic acids is 1. The highest BCUT2D eigenvalue weighted by Crippen LogP contribution is 2.26. The molecule has 0 aromatic heterocycles. The smallest absolute Gasteiger partial charge is 0.326 e. The predicted molar refractivity (Wildman–Crippen MR) is 69.4 cm³/mol. The average molecular weight is 256 g/mol. The highest BCUT2D eigenvalue weighted by Gasteiger charge is 2.23. The van der Waals surface area contributed by atoms with Gasteiger partial charge in [-0.2, -0.15) is 0 Å². The van der Waals surface area contributed by atoms with Gasteiger partial charge < -0.3 is 15.7 Å². The topological polar surface area (TPSA) is 78.4 Å². The van der Waals surface area contributed by atoms with Crippen molar-refractivity contribution in [1.82, 2.24) is 10.6 Å². The minimum absolute atomic E-state index is 0.108. The van der Waals surface area contributed by atoms with E-state index in [1.54, 1.807) is 6.92 Å². The van der Waals surface area contributed by atoms with Crippen LogP contribution in [0.4, 0.5) is 4.79 Å². The quantitative estimate of drug-likeness (QED) is 0.705. The van der Waals surface area contributed by atoms with Crippen molar-refractivity contribution < 1.29 is 14.7 Å². The molecule has 0 aliphatic heterocycles. The van der Waals surface area contributed by atoms with Gasteiger partial charge in [-0.15, -0.1) is 0 Å². The summed E-state index contributed by atoms with van der Waals surface area (Å²) in [5.41, 5.74) is 0. The number of carboxylic acid groups (broad SMARTS) is 1. The Labute approximate surface area is 108 Å². The van der Waals surface area contributed by atoms with Crippen molar-refractivity contribution >= 4 is 12.0 Å². The van der Waals surface area contributed by atoms with Crippen molar-refractivity contribution in [2.45, 2.75) is 64.5 Å². The van der Waals surface area contributed by atoms with Crippen LogP contribution in [0.5, 0.6) is 0 Å². The Morgan fingerprint density at radius 2 is 1.83 bits per heavy atom. The molecule has 5 heteroatoms. The molecule has 1 saturated carbocycles. The number of hydrogen-bond donors (Lipinski definition) is 3. The average Bonchev–Trinajstić information content (AvgIpc) is 2.36. The van der Waals surface area contributed by atoms with E-state index in [1.165, 1.54) is 19.3 Å². The van der Waals surface area contributed by atoms with Crippen molar-refractivity contribution in [3.63, 3.8) is 0 Å². The van der Waals surface area contributed by atoms with Gasteiger partial charge in [0.1, 0.15) is 6.04 Å². The first-order valence-electron chi connectivity index (χ1n) is 6.84. The van der Waals surface area contributed by atoms with E-state index in [0.29, 0.717) is 12.3 Å². The summed E-state index contributed by atoms with van der Waals surface area (Å²) in [6, 6.07) is -1.07. The lowest BCUT2D eigenvalue weighted by atomic mass is 9.85. The van der Waals surface area contributed by atoms with Crippen molar-refractivity contribution in [1.29, 1.82) is 0 Å². The second-order valence-electron chi connectivity index (χ2n) is 5.10. The zero-order chi connectivity index (χ0) is 13.5. The van der Waals surface area contributed by atoms with Gasteiger partial charge in [0.05, 0.1) is 0 Å². The van der Waals surface area contributed by atoms with Crippen molar-refractivity contribution in [3.8, 4) is 0 Å². The molecule has 1 fully saturated rings. The fourth-order valence-electron chi connectivity index (χ4n) is 2.50. The number of carboxylic acids is 1. The summed E-state index contributed by atoms with van der Waals surface area (Å²) < 4.78 is 0. The first kappa shape index (κ1) is 14.8. The highest BCUT2D eigenvalue weighted by molar-refractivity contribution is 5.82. The van der Waals surface area contributed by atoms with Gasteiger partial charge in [0.15, 0.2) is 0 Å².